The second kappa shape index (κ2) is 4.06. The normalized spacial score (nSPS) is 21.9. The van der Waals surface area contributed by atoms with E-state index >= 15 is 0 Å². The van der Waals surface area contributed by atoms with Crippen LogP contribution >= 0.6 is 0 Å². The molecular formula is C14H18O3. The van der Waals surface area contributed by atoms with Gasteiger partial charge in [-0.15, -0.1) is 0 Å². The predicted molar refractivity (Wildman–Crippen MR) is 65.2 cm³/mol. The van der Waals surface area contributed by atoms with Gasteiger partial charge in [-0.1, -0.05) is 19.9 Å². The van der Waals surface area contributed by atoms with Crippen LogP contribution in [0.2, 0.25) is 0 Å². The molecule has 17 heavy (non-hydrogen) atoms. The third-order valence-corrected chi connectivity index (χ3v) is 3.99. The van der Waals surface area contributed by atoms with Gasteiger partial charge in [0.05, 0.1) is 0 Å². The summed E-state index contributed by atoms with van der Waals surface area (Å²) >= 11 is 0. The number of benzene rings is 1. The first-order valence-electron chi connectivity index (χ1n) is 5.95. The Kier molecular flexibility index (Phi) is 2.86. The zero-order valence-corrected chi connectivity index (χ0v) is 10.2. The second-order valence-electron chi connectivity index (χ2n) is 5.40. The average Bonchev–Trinajstić information content (AvgIpc) is 2.21. The summed E-state index contributed by atoms with van der Waals surface area (Å²) in [6, 6.07) is 5.41. The summed E-state index contributed by atoms with van der Waals surface area (Å²) in [5, 5.41) is 18.4. The number of carboxylic acids is 1. The van der Waals surface area contributed by atoms with Crippen molar-refractivity contribution in [2.75, 3.05) is 0 Å². The SMILES string of the molecule is CC1(C)c2ccc(O)cc2CCC1CC(=O)O. The molecule has 0 fully saturated rings. The molecule has 2 N–H and O–H groups in total. The van der Waals surface area contributed by atoms with E-state index in [9.17, 15) is 9.90 Å². The van der Waals surface area contributed by atoms with Gasteiger partial charge in [-0.3, -0.25) is 4.79 Å². The monoisotopic (exact) mass is 234 g/mol. The number of aliphatic carboxylic acids is 1. The molecule has 1 atom stereocenters. The highest BCUT2D eigenvalue weighted by Gasteiger charge is 2.37. The van der Waals surface area contributed by atoms with Crippen LogP contribution in [-0.4, -0.2) is 16.2 Å². The molecule has 1 aliphatic rings. The molecule has 0 radical (unpaired) electrons. The lowest BCUT2D eigenvalue weighted by molar-refractivity contribution is -0.138. The van der Waals surface area contributed by atoms with Gasteiger partial charge in [-0.05, 0) is 47.4 Å². The molecule has 1 aromatic carbocycles. The van der Waals surface area contributed by atoms with Gasteiger partial charge in [-0.25, -0.2) is 0 Å². The third kappa shape index (κ3) is 2.14. The maximum absolute atomic E-state index is 10.9. The van der Waals surface area contributed by atoms with Crippen LogP contribution in [0.3, 0.4) is 0 Å². The highest BCUT2D eigenvalue weighted by atomic mass is 16.4. The smallest absolute Gasteiger partial charge is 0.303 e. The maximum atomic E-state index is 10.9. The molecule has 0 saturated heterocycles. The lowest BCUT2D eigenvalue weighted by atomic mass is 9.64. The van der Waals surface area contributed by atoms with Crippen LogP contribution in [0.5, 0.6) is 5.75 Å². The highest BCUT2D eigenvalue weighted by Crippen LogP contribution is 2.43. The van der Waals surface area contributed by atoms with E-state index in [2.05, 4.69) is 13.8 Å². The molecule has 2 rings (SSSR count). The first-order chi connectivity index (χ1) is 7.91. The number of aryl methyl sites for hydroxylation is 1. The lowest BCUT2D eigenvalue weighted by Crippen LogP contribution is -2.35. The summed E-state index contributed by atoms with van der Waals surface area (Å²) in [7, 11) is 0. The maximum Gasteiger partial charge on any atom is 0.303 e. The van der Waals surface area contributed by atoms with Crippen molar-refractivity contribution in [2.45, 2.75) is 38.5 Å². The Balaban J connectivity index is 2.37. The van der Waals surface area contributed by atoms with E-state index in [1.165, 1.54) is 5.56 Å². The van der Waals surface area contributed by atoms with Crippen molar-refractivity contribution < 1.29 is 15.0 Å². The average molecular weight is 234 g/mol. The van der Waals surface area contributed by atoms with Crippen molar-refractivity contribution in [3.05, 3.63) is 29.3 Å². The molecule has 0 bridgehead atoms. The Bertz CT molecular complexity index is 449. The van der Waals surface area contributed by atoms with E-state index in [-0.39, 0.29) is 23.5 Å². The molecule has 0 aromatic heterocycles. The van der Waals surface area contributed by atoms with Gasteiger partial charge in [0.1, 0.15) is 5.75 Å². The van der Waals surface area contributed by atoms with Crippen LogP contribution in [0.15, 0.2) is 18.2 Å². The molecule has 3 heteroatoms. The summed E-state index contributed by atoms with van der Waals surface area (Å²) in [5.41, 5.74) is 2.18. The van der Waals surface area contributed by atoms with Crippen LogP contribution in [0.25, 0.3) is 0 Å². The van der Waals surface area contributed by atoms with E-state index < -0.39 is 5.97 Å². The highest BCUT2D eigenvalue weighted by molar-refractivity contribution is 5.67. The molecule has 3 nitrogen and oxygen atoms in total. The number of rotatable bonds is 2. The van der Waals surface area contributed by atoms with Crippen LogP contribution in [0.1, 0.15) is 37.8 Å². The molecule has 1 unspecified atom stereocenters. The Hall–Kier alpha value is -1.51. The number of phenols is 1. The minimum absolute atomic E-state index is 0.139. The lowest BCUT2D eigenvalue weighted by Gasteiger charge is -2.40. The van der Waals surface area contributed by atoms with E-state index in [1.54, 1.807) is 12.1 Å². The Morgan fingerprint density at radius 3 is 2.82 bits per heavy atom. The van der Waals surface area contributed by atoms with E-state index in [0.29, 0.717) is 0 Å². The minimum Gasteiger partial charge on any atom is -0.508 e. The van der Waals surface area contributed by atoms with Crippen molar-refractivity contribution in [2.24, 2.45) is 5.92 Å². The third-order valence-electron chi connectivity index (χ3n) is 3.99. The fraction of sp³-hybridized carbons (Fsp3) is 0.500. The number of aromatic hydroxyl groups is 1. The Morgan fingerprint density at radius 1 is 1.47 bits per heavy atom. The predicted octanol–water partition coefficient (Wildman–Crippen LogP) is 2.71. The standard InChI is InChI=1S/C14H18O3/c1-14(2)10(8-13(16)17)4-3-9-7-11(15)5-6-12(9)14/h5-7,10,15H,3-4,8H2,1-2H3,(H,16,17). The second-order valence-corrected chi connectivity index (χ2v) is 5.40. The van der Waals surface area contributed by atoms with Crippen LogP contribution in [-0.2, 0) is 16.6 Å². The summed E-state index contributed by atoms with van der Waals surface area (Å²) in [6.45, 7) is 4.19. The summed E-state index contributed by atoms with van der Waals surface area (Å²) in [5.74, 6) is -0.279. The first-order valence-corrected chi connectivity index (χ1v) is 5.95. The van der Waals surface area contributed by atoms with E-state index in [0.717, 1.165) is 18.4 Å². The summed E-state index contributed by atoms with van der Waals surface area (Å²) < 4.78 is 0. The topological polar surface area (TPSA) is 57.5 Å². The number of carbonyl (C=O) groups is 1. The quantitative estimate of drug-likeness (QED) is 0.827. The zero-order valence-electron chi connectivity index (χ0n) is 10.2. The van der Waals surface area contributed by atoms with Gasteiger partial charge in [0.2, 0.25) is 0 Å². The largest absolute Gasteiger partial charge is 0.508 e. The number of fused-ring (bicyclic) bond motifs is 1. The number of hydrogen-bond acceptors (Lipinski definition) is 2. The molecule has 0 aliphatic heterocycles. The van der Waals surface area contributed by atoms with E-state index in [4.69, 9.17) is 5.11 Å². The molecule has 0 spiro atoms. The number of carboxylic acid groups (broad SMARTS) is 1. The summed E-state index contributed by atoms with van der Waals surface area (Å²) in [6.07, 6.45) is 1.94. The summed E-state index contributed by atoms with van der Waals surface area (Å²) in [4.78, 5) is 10.9. The fourth-order valence-electron chi connectivity index (χ4n) is 2.89. The minimum atomic E-state index is -0.731. The Labute approximate surface area is 101 Å². The molecule has 1 aliphatic carbocycles. The Morgan fingerprint density at radius 2 is 2.18 bits per heavy atom. The van der Waals surface area contributed by atoms with Crippen LogP contribution in [0.4, 0.5) is 0 Å². The number of hydrogen-bond donors (Lipinski definition) is 2. The van der Waals surface area contributed by atoms with E-state index in [1.807, 2.05) is 6.07 Å². The van der Waals surface area contributed by atoms with Gasteiger partial charge >= 0.3 is 5.97 Å². The fourth-order valence-corrected chi connectivity index (χ4v) is 2.89. The molecule has 0 amide bonds. The van der Waals surface area contributed by atoms with Gasteiger partial charge < -0.3 is 10.2 Å². The van der Waals surface area contributed by atoms with Crippen molar-refractivity contribution in [1.29, 1.82) is 0 Å². The molecule has 0 heterocycles. The molecule has 1 aromatic rings. The number of phenolic OH excluding ortho intramolecular Hbond substituents is 1. The zero-order chi connectivity index (χ0) is 12.6. The van der Waals surface area contributed by atoms with Crippen LogP contribution in [0, 0.1) is 5.92 Å². The van der Waals surface area contributed by atoms with Crippen LogP contribution < -0.4 is 0 Å². The van der Waals surface area contributed by atoms with Crippen molar-refractivity contribution in [3.8, 4) is 5.75 Å². The van der Waals surface area contributed by atoms with Gasteiger partial charge in [0, 0.05) is 6.42 Å². The van der Waals surface area contributed by atoms with Crippen molar-refractivity contribution in [3.63, 3.8) is 0 Å². The van der Waals surface area contributed by atoms with Gasteiger partial charge in [-0.2, -0.15) is 0 Å². The van der Waals surface area contributed by atoms with Crippen molar-refractivity contribution in [1.82, 2.24) is 0 Å². The first kappa shape index (κ1) is 12.0. The van der Waals surface area contributed by atoms with Crippen molar-refractivity contribution >= 4 is 5.97 Å². The molecule has 92 valence electrons. The molecular weight excluding hydrogens is 216 g/mol. The van der Waals surface area contributed by atoms with Gasteiger partial charge in [0.15, 0.2) is 0 Å². The molecule has 0 saturated carbocycles. The van der Waals surface area contributed by atoms with Gasteiger partial charge in [0.25, 0.3) is 0 Å².